The van der Waals surface area contributed by atoms with Crippen LogP contribution in [0.5, 0.6) is 5.75 Å². The van der Waals surface area contributed by atoms with Crippen molar-refractivity contribution in [3.8, 4) is 5.75 Å². The van der Waals surface area contributed by atoms with Gasteiger partial charge in [0.2, 0.25) is 0 Å². The molecule has 0 saturated heterocycles. The molecular formula is C18H25FN2O6S. The first-order chi connectivity index (χ1) is 13.0. The first kappa shape index (κ1) is 23.7. The van der Waals surface area contributed by atoms with Crippen molar-refractivity contribution < 1.29 is 33.7 Å². The minimum Gasteiger partial charge on any atom is -0.496 e. The van der Waals surface area contributed by atoms with Crippen molar-refractivity contribution in [1.29, 1.82) is 0 Å². The van der Waals surface area contributed by atoms with E-state index in [1.165, 1.54) is 39.2 Å². The lowest BCUT2D eigenvalue weighted by atomic mass is 10.1. The molecular weight excluding hydrogens is 391 g/mol. The van der Waals surface area contributed by atoms with Crippen LogP contribution in [0, 0.1) is 5.82 Å². The molecule has 0 aliphatic rings. The second-order valence-electron chi connectivity index (χ2n) is 6.36. The van der Waals surface area contributed by atoms with Crippen LogP contribution in [-0.4, -0.2) is 59.5 Å². The molecule has 1 rings (SSSR count). The van der Waals surface area contributed by atoms with Crippen LogP contribution in [-0.2, 0) is 9.53 Å². The number of aliphatic hydroxyl groups excluding tert-OH is 1. The predicted octanol–water partition coefficient (Wildman–Crippen LogP) is 2.16. The number of hydrogen-bond acceptors (Lipinski definition) is 6. The Bertz CT molecular complexity index is 728. The highest BCUT2D eigenvalue weighted by atomic mass is 32.1. The Kier molecular flexibility index (Phi) is 8.73. The molecule has 2 amide bonds. The fourth-order valence-electron chi connectivity index (χ4n) is 2.25. The number of aliphatic hydroxyl groups is 1. The van der Waals surface area contributed by atoms with E-state index in [2.05, 4.69) is 24.5 Å². The van der Waals surface area contributed by atoms with Crippen LogP contribution in [0.2, 0.25) is 0 Å². The van der Waals surface area contributed by atoms with E-state index in [1.54, 1.807) is 0 Å². The molecule has 1 aromatic carbocycles. The first-order valence-corrected chi connectivity index (χ1v) is 8.75. The topological polar surface area (TPSA) is 108 Å². The molecule has 0 unspecified atom stereocenters. The smallest absolute Gasteiger partial charge is 0.328 e. The highest BCUT2D eigenvalue weighted by Gasteiger charge is 2.33. The van der Waals surface area contributed by atoms with E-state index < -0.39 is 29.5 Å². The first-order valence-electron chi connectivity index (χ1n) is 8.30. The highest BCUT2D eigenvalue weighted by Crippen LogP contribution is 2.30. The van der Waals surface area contributed by atoms with Crippen molar-refractivity contribution >= 4 is 24.6 Å². The molecule has 0 saturated carbocycles. The molecule has 0 aliphatic carbocycles. The van der Waals surface area contributed by atoms with Crippen molar-refractivity contribution in [2.75, 3.05) is 26.9 Å². The zero-order chi connectivity index (χ0) is 21.5. The molecule has 1 atom stereocenters. The number of aliphatic carboxylic acids is 1. The zero-order valence-corrected chi connectivity index (χ0v) is 16.8. The summed E-state index contributed by atoms with van der Waals surface area (Å²) in [7, 11) is 1.40. The molecule has 0 fully saturated rings. The summed E-state index contributed by atoms with van der Waals surface area (Å²) in [6.45, 7) is 5.69. The Morgan fingerprint density at radius 2 is 2.07 bits per heavy atom. The van der Waals surface area contributed by atoms with Crippen molar-refractivity contribution in [1.82, 2.24) is 10.2 Å². The van der Waals surface area contributed by atoms with Gasteiger partial charge in [-0.2, -0.15) is 0 Å². The zero-order valence-electron chi connectivity index (χ0n) is 15.9. The number of halogens is 1. The number of ether oxygens (including phenoxy) is 2. The number of urea groups is 1. The summed E-state index contributed by atoms with van der Waals surface area (Å²) in [5, 5.41) is 20.7. The number of nitrogens with zero attached hydrogens (tertiary/aromatic N) is 1. The number of benzene rings is 1. The van der Waals surface area contributed by atoms with Crippen molar-refractivity contribution in [3.05, 3.63) is 41.2 Å². The molecule has 0 aliphatic heterocycles. The summed E-state index contributed by atoms with van der Waals surface area (Å²) in [5.41, 5.74) is -1.24. The number of amides is 2. The maximum absolute atomic E-state index is 13.8. The van der Waals surface area contributed by atoms with Gasteiger partial charge in [-0.25, -0.2) is 14.0 Å². The number of carboxylic acid groups (broad SMARTS) is 1. The van der Waals surface area contributed by atoms with Gasteiger partial charge in [0, 0.05) is 5.56 Å². The third-order valence-electron chi connectivity index (χ3n) is 3.81. The maximum atomic E-state index is 13.8. The summed E-state index contributed by atoms with van der Waals surface area (Å²) < 4.78 is 24.6. The van der Waals surface area contributed by atoms with Gasteiger partial charge < -0.3 is 25.0 Å². The van der Waals surface area contributed by atoms with Gasteiger partial charge in [-0.15, -0.1) is 12.6 Å². The second-order valence-corrected chi connectivity index (χ2v) is 6.87. The van der Waals surface area contributed by atoms with Crippen LogP contribution >= 0.6 is 12.6 Å². The van der Waals surface area contributed by atoms with E-state index in [1.807, 2.05) is 0 Å². The normalized spacial score (nSPS) is 12.2. The number of carboxylic acids is 1. The molecule has 10 heteroatoms. The van der Waals surface area contributed by atoms with Crippen LogP contribution in [0.25, 0.3) is 0 Å². The summed E-state index contributed by atoms with van der Waals surface area (Å²) in [5.74, 6) is -1.45. The van der Waals surface area contributed by atoms with Crippen molar-refractivity contribution in [3.63, 3.8) is 0 Å². The monoisotopic (exact) mass is 416 g/mol. The quantitative estimate of drug-likeness (QED) is 0.436. The summed E-state index contributed by atoms with van der Waals surface area (Å²) in [6, 6.07) is 3.04. The number of rotatable bonds is 10. The Morgan fingerprint density at radius 3 is 2.57 bits per heavy atom. The van der Waals surface area contributed by atoms with Gasteiger partial charge in [0.05, 0.1) is 31.9 Å². The van der Waals surface area contributed by atoms with Gasteiger partial charge >= 0.3 is 12.0 Å². The number of methoxy groups -OCH3 is 1. The summed E-state index contributed by atoms with van der Waals surface area (Å²) in [6.07, 6.45) is -0.902. The predicted molar refractivity (Wildman–Crippen MR) is 104 cm³/mol. The second kappa shape index (κ2) is 10.3. The van der Waals surface area contributed by atoms with Gasteiger partial charge in [-0.3, -0.25) is 4.90 Å². The molecule has 0 radical (unpaired) electrons. The lowest BCUT2D eigenvalue weighted by Crippen LogP contribution is -2.54. The SMILES string of the molecule is C=C(S)N(C[C@H](OCCO)c1cc(F)ccc1OC)C(=O)NC(C)(C)C(=O)O. The molecule has 156 valence electrons. The minimum atomic E-state index is -1.55. The van der Waals surface area contributed by atoms with Crippen LogP contribution in [0.15, 0.2) is 29.8 Å². The lowest BCUT2D eigenvalue weighted by Gasteiger charge is -2.31. The van der Waals surface area contributed by atoms with Gasteiger partial charge in [0.1, 0.15) is 23.2 Å². The fourth-order valence-corrected chi connectivity index (χ4v) is 2.42. The van der Waals surface area contributed by atoms with E-state index in [0.717, 1.165) is 4.90 Å². The van der Waals surface area contributed by atoms with Crippen LogP contribution in [0.3, 0.4) is 0 Å². The molecule has 8 nitrogen and oxygen atoms in total. The van der Waals surface area contributed by atoms with Crippen molar-refractivity contribution in [2.45, 2.75) is 25.5 Å². The number of hydrogen-bond donors (Lipinski definition) is 4. The van der Waals surface area contributed by atoms with E-state index in [-0.39, 0.29) is 24.8 Å². The fraction of sp³-hybridized carbons (Fsp3) is 0.444. The molecule has 0 heterocycles. The number of nitrogens with one attached hydrogen (secondary N) is 1. The van der Waals surface area contributed by atoms with E-state index >= 15 is 0 Å². The number of carbonyl (C=O) groups excluding carboxylic acids is 1. The highest BCUT2D eigenvalue weighted by molar-refractivity contribution is 7.84. The molecule has 3 N–H and O–H groups in total. The third kappa shape index (κ3) is 6.39. The Labute approximate surface area is 168 Å². The lowest BCUT2D eigenvalue weighted by molar-refractivity contribution is -0.143. The molecule has 0 spiro atoms. The Balaban J connectivity index is 3.20. The molecule has 0 bridgehead atoms. The molecule has 28 heavy (non-hydrogen) atoms. The van der Waals surface area contributed by atoms with Gasteiger partial charge in [-0.05, 0) is 32.0 Å². The maximum Gasteiger partial charge on any atom is 0.328 e. The average Bonchev–Trinajstić information content (AvgIpc) is 2.60. The number of carbonyl (C=O) groups is 2. The average molecular weight is 416 g/mol. The molecule has 1 aromatic rings. The van der Waals surface area contributed by atoms with E-state index in [4.69, 9.17) is 14.6 Å². The van der Waals surface area contributed by atoms with E-state index in [9.17, 15) is 19.1 Å². The number of thiol groups is 1. The van der Waals surface area contributed by atoms with Gasteiger partial charge in [0.15, 0.2) is 0 Å². The summed E-state index contributed by atoms with van der Waals surface area (Å²) >= 11 is 4.09. The summed E-state index contributed by atoms with van der Waals surface area (Å²) in [4.78, 5) is 24.9. The largest absolute Gasteiger partial charge is 0.496 e. The van der Waals surface area contributed by atoms with E-state index in [0.29, 0.717) is 11.3 Å². The molecule has 0 aromatic heterocycles. The van der Waals surface area contributed by atoms with Crippen LogP contribution in [0.1, 0.15) is 25.5 Å². The van der Waals surface area contributed by atoms with Crippen molar-refractivity contribution in [2.24, 2.45) is 0 Å². The third-order valence-corrected chi connectivity index (χ3v) is 4.05. The van der Waals surface area contributed by atoms with Crippen LogP contribution < -0.4 is 10.1 Å². The van der Waals surface area contributed by atoms with Gasteiger partial charge in [0.25, 0.3) is 0 Å². The van der Waals surface area contributed by atoms with Crippen LogP contribution in [0.4, 0.5) is 9.18 Å². The minimum absolute atomic E-state index is 0.0201. The Hall–Kier alpha value is -2.30. The van der Waals surface area contributed by atoms with Gasteiger partial charge in [-0.1, -0.05) is 6.58 Å². The standard InChI is InChI=1S/C18H25FN2O6S/c1-11(28)21(17(25)20-18(2,3)16(23)24)10-15(27-8-7-22)13-9-12(19)5-6-14(13)26-4/h5-6,9,15,22,28H,1,7-8,10H2,2-4H3,(H,20,25)(H,23,24)/t15-/m0/s1. The Morgan fingerprint density at radius 1 is 1.43 bits per heavy atom.